The van der Waals surface area contributed by atoms with Crippen LogP contribution in [0.2, 0.25) is 0 Å². The molecule has 0 saturated carbocycles. The number of carbonyl (C=O) groups is 1. The number of morpholine rings is 1. The number of rotatable bonds is 6. The highest BCUT2D eigenvalue weighted by Crippen LogP contribution is 2.23. The number of ether oxygens (including phenoxy) is 2. The standard InChI is InChI=1S/C18H24N4O4/c1-13-3-5-16(26-13)15(22-7-9-25-10-8-22)12-20-18(23)21-14-4-6-17(24-2)19-11-14/h3-6,11,15H,7-10,12H2,1-2H3,(H2,20,21,23)/t15-/m1/s1. The zero-order valence-electron chi connectivity index (χ0n) is 15.0. The highest BCUT2D eigenvalue weighted by molar-refractivity contribution is 5.89. The fourth-order valence-electron chi connectivity index (χ4n) is 2.87. The van der Waals surface area contributed by atoms with E-state index >= 15 is 0 Å². The lowest BCUT2D eigenvalue weighted by atomic mass is 10.1. The van der Waals surface area contributed by atoms with Gasteiger partial charge in [-0.05, 0) is 25.1 Å². The summed E-state index contributed by atoms with van der Waals surface area (Å²) in [6.45, 7) is 5.31. The summed E-state index contributed by atoms with van der Waals surface area (Å²) < 4.78 is 16.2. The van der Waals surface area contributed by atoms with Crippen LogP contribution in [0.15, 0.2) is 34.9 Å². The Balaban J connectivity index is 1.60. The number of furan rings is 1. The molecule has 0 unspecified atom stereocenters. The smallest absolute Gasteiger partial charge is 0.319 e. The van der Waals surface area contributed by atoms with Crippen molar-refractivity contribution in [1.82, 2.24) is 15.2 Å². The van der Waals surface area contributed by atoms with E-state index in [9.17, 15) is 4.79 Å². The van der Waals surface area contributed by atoms with Crippen LogP contribution in [0.5, 0.6) is 5.88 Å². The van der Waals surface area contributed by atoms with E-state index in [1.807, 2.05) is 19.1 Å². The summed E-state index contributed by atoms with van der Waals surface area (Å²) in [7, 11) is 1.55. The molecule has 1 aliphatic heterocycles. The summed E-state index contributed by atoms with van der Waals surface area (Å²) in [6, 6.07) is 7.00. The zero-order valence-corrected chi connectivity index (χ0v) is 15.0. The highest BCUT2D eigenvalue weighted by atomic mass is 16.5. The molecule has 3 heterocycles. The van der Waals surface area contributed by atoms with Gasteiger partial charge in [-0.2, -0.15) is 0 Å². The minimum atomic E-state index is -0.293. The van der Waals surface area contributed by atoms with Gasteiger partial charge in [-0.3, -0.25) is 4.90 Å². The third-order valence-electron chi connectivity index (χ3n) is 4.24. The molecule has 1 saturated heterocycles. The quantitative estimate of drug-likeness (QED) is 0.821. The van der Waals surface area contributed by atoms with Crippen LogP contribution in [0.25, 0.3) is 0 Å². The predicted octanol–water partition coefficient (Wildman–Crippen LogP) is 2.19. The molecule has 3 rings (SSSR count). The number of anilines is 1. The van der Waals surface area contributed by atoms with Crippen LogP contribution in [0, 0.1) is 6.92 Å². The number of hydrogen-bond donors (Lipinski definition) is 2. The van der Waals surface area contributed by atoms with Crippen molar-refractivity contribution >= 4 is 11.7 Å². The van der Waals surface area contributed by atoms with Crippen molar-refractivity contribution in [1.29, 1.82) is 0 Å². The minimum Gasteiger partial charge on any atom is -0.481 e. The number of nitrogens with one attached hydrogen (secondary N) is 2. The fraction of sp³-hybridized carbons (Fsp3) is 0.444. The fourth-order valence-corrected chi connectivity index (χ4v) is 2.87. The summed E-state index contributed by atoms with van der Waals surface area (Å²) in [5.41, 5.74) is 0.597. The first-order valence-electron chi connectivity index (χ1n) is 8.59. The van der Waals surface area contributed by atoms with Crippen LogP contribution in [-0.4, -0.2) is 55.9 Å². The van der Waals surface area contributed by atoms with Crippen LogP contribution >= 0.6 is 0 Å². The Morgan fingerprint density at radius 1 is 1.31 bits per heavy atom. The molecule has 1 fully saturated rings. The number of carbonyl (C=O) groups excluding carboxylic acids is 1. The maximum atomic E-state index is 12.2. The highest BCUT2D eigenvalue weighted by Gasteiger charge is 2.25. The van der Waals surface area contributed by atoms with Gasteiger partial charge in [0.05, 0.1) is 38.2 Å². The molecule has 8 heteroatoms. The number of pyridine rings is 1. The lowest BCUT2D eigenvalue weighted by Crippen LogP contribution is -2.44. The topological polar surface area (TPSA) is 88.9 Å². The molecule has 0 radical (unpaired) electrons. The van der Waals surface area contributed by atoms with Crippen LogP contribution in [0.4, 0.5) is 10.5 Å². The van der Waals surface area contributed by atoms with Crippen molar-refractivity contribution in [3.8, 4) is 5.88 Å². The average Bonchev–Trinajstić information content (AvgIpc) is 3.09. The zero-order chi connectivity index (χ0) is 18.4. The lowest BCUT2D eigenvalue weighted by Gasteiger charge is -2.33. The number of hydrogen-bond acceptors (Lipinski definition) is 6. The first-order chi connectivity index (χ1) is 12.7. The van der Waals surface area contributed by atoms with Crippen LogP contribution in [0.1, 0.15) is 17.6 Å². The molecule has 0 aromatic carbocycles. The second-order valence-corrected chi connectivity index (χ2v) is 6.04. The molecule has 2 aromatic heterocycles. The van der Waals surface area contributed by atoms with Gasteiger partial charge in [-0.15, -0.1) is 0 Å². The second-order valence-electron chi connectivity index (χ2n) is 6.04. The minimum absolute atomic E-state index is 0.0349. The monoisotopic (exact) mass is 360 g/mol. The van der Waals surface area contributed by atoms with Gasteiger partial charge in [0.1, 0.15) is 11.5 Å². The van der Waals surface area contributed by atoms with E-state index in [4.69, 9.17) is 13.9 Å². The summed E-state index contributed by atoms with van der Waals surface area (Å²) in [5, 5.41) is 5.68. The largest absolute Gasteiger partial charge is 0.481 e. The van der Waals surface area contributed by atoms with E-state index in [-0.39, 0.29) is 12.1 Å². The van der Waals surface area contributed by atoms with E-state index in [2.05, 4.69) is 20.5 Å². The molecule has 1 aliphatic rings. The van der Waals surface area contributed by atoms with E-state index in [0.717, 1.165) is 24.6 Å². The van der Waals surface area contributed by atoms with Crippen LogP contribution in [0.3, 0.4) is 0 Å². The summed E-state index contributed by atoms with van der Waals surface area (Å²) >= 11 is 0. The van der Waals surface area contributed by atoms with Crippen LogP contribution < -0.4 is 15.4 Å². The molecule has 1 atom stereocenters. The summed E-state index contributed by atoms with van der Waals surface area (Å²) in [6.07, 6.45) is 1.55. The van der Waals surface area contributed by atoms with E-state index < -0.39 is 0 Å². The predicted molar refractivity (Wildman–Crippen MR) is 96.4 cm³/mol. The molecule has 140 valence electrons. The molecule has 2 N–H and O–H groups in total. The van der Waals surface area contributed by atoms with Gasteiger partial charge in [-0.25, -0.2) is 9.78 Å². The van der Waals surface area contributed by atoms with Gasteiger partial charge in [0.15, 0.2) is 0 Å². The first-order valence-corrected chi connectivity index (χ1v) is 8.59. The van der Waals surface area contributed by atoms with Crippen molar-refractivity contribution in [2.75, 3.05) is 45.3 Å². The van der Waals surface area contributed by atoms with Crippen molar-refractivity contribution in [3.63, 3.8) is 0 Å². The molecule has 26 heavy (non-hydrogen) atoms. The molecule has 0 bridgehead atoms. The number of amides is 2. The SMILES string of the molecule is COc1ccc(NC(=O)NC[C@H](c2ccc(C)o2)N2CCOCC2)cn1. The van der Waals surface area contributed by atoms with Crippen LogP contribution in [-0.2, 0) is 4.74 Å². The van der Waals surface area contributed by atoms with Gasteiger partial charge in [-0.1, -0.05) is 0 Å². The number of aryl methyl sites for hydroxylation is 1. The number of nitrogens with zero attached hydrogens (tertiary/aromatic N) is 2. The summed E-state index contributed by atoms with van der Waals surface area (Å²) in [4.78, 5) is 18.6. The Hall–Kier alpha value is -2.58. The van der Waals surface area contributed by atoms with E-state index in [0.29, 0.717) is 31.3 Å². The van der Waals surface area contributed by atoms with Gasteiger partial charge in [0, 0.05) is 25.7 Å². The Morgan fingerprint density at radius 3 is 2.73 bits per heavy atom. The molecule has 2 amide bonds. The molecule has 2 aromatic rings. The van der Waals surface area contributed by atoms with E-state index in [1.54, 1.807) is 25.4 Å². The Labute approximate surface area is 152 Å². The number of urea groups is 1. The molecular formula is C18H24N4O4. The maximum Gasteiger partial charge on any atom is 0.319 e. The molecule has 0 spiro atoms. The second kappa shape index (κ2) is 8.68. The molecular weight excluding hydrogens is 336 g/mol. The number of methoxy groups -OCH3 is 1. The number of aromatic nitrogens is 1. The first kappa shape index (κ1) is 18.2. The van der Waals surface area contributed by atoms with Gasteiger partial charge in [0.25, 0.3) is 0 Å². The Bertz CT molecular complexity index is 710. The molecule has 0 aliphatic carbocycles. The van der Waals surface area contributed by atoms with Crippen molar-refractivity contribution in [2.24, 2.45) is 0 Å². The lowest BCUT2D eigenvalue weighted by molar-refractivity contribution is 0.0122. The average molecular weight is 360 g/mol. The third-order valence-corrected chi connectivity index (χ3v) is 4.24. The van der Waals surface area contributed by atoms with Gasteiger partial charge >= 0.3 is 6.03 Å². The maximum absolute atomic E-state index is 12.2. The van der Waals surface area contributed by atoms with Gasteiger partial charge < -0.3 is 24.5 Å². The van der Waals surface area contributed by atoms with Crippen molar-refractivity contribution in [2.45, 2.75) is 13.0 Å². The molecule has 8 nitrogen and oxygen atoms in total. The van der Waals surface area contributed by atoms with Crippen molar-refractivity contribution < 1.29 is 18.7 Å². The third kappa shape index (κ3) is 4.74. The Kier molecular flexibility index (Phi) is 6.08. The van der Waals surface area contributed by atoms with Crippen molar-refractivity contribution in [3.05, 3.63) is 42.0 Å². The van der Waals surface area contributed by atoms with E-state index in [1.165, 1.54) is 0 Å². The normalized spacial score (nSPS) is 16.1. The Morgan fingerprint density at radius 2 is 2.12 bits per heavy atom. The van der Waals surface area contributed by atoms with Gasteiger partial charge in [0.2, 0.25) is 5.88 Å². The summed E-state index contributed by atoms with van der Waals surface area (Å²) in [5.74, 6) is 2.19.